The first-order valence-electron chi connectivity index (χ1n) is 5.97. The smallest absolute Gasteiger partial charge is 0.228 e. The Morgan fingerprint density at radius 3 is 3.00 bits per heavy atom. The number of nitrogens with zero attached hydrogens (tertiary/aromatic N) is 3. The molecule has 6 nitrogen and oxygen atoms in total. The molecule has 1 aromatic heterocycles. The van der Waals surface area contributed by atoms with Crippen molar-refractivity contribution in [2.75, 3.05) is 17.6 Å². The lowest BCUT2D eigenvalue weighted by molar-refractivity contribution is 0.377. The van der Waals surface area contributed by atoms with Crippen LogP contribution in [0.3, 0.4) is 0 Å². The average molecular weight is 257 g/mol. The highest BCUT2D eigenvalue weighted by molar-refractivity contribution is 5.58. The standard InChI is InChI=1S/C13H15N5O/c1-9-17-13(19-18-9)5-7-16-11-2-3-12(15)10(8-11)4-6-14/h2-3,8,16H,4-5,7,15H2,1H3. The first-order chi connectivity index (χ1) is 9.19. The van der Waals surface area contributed by atoms with Gasteiger partial charge in [-0.3, -0.25) is 0 Å². The molecular formula is C13H15N5O. The normalized spacial score (nSPS) is 10.1. The number of nitriles is 1. The number of aryl methyl sites for hydroxylation is 1. The molecule has 0 spiro atoms. The Labute approximate surface area is 111 Å². The van der Waals surface area contributed by atoms with E-state index in [0.29, 0.717) is 36.8 Å². The van der Waals surface area contributed by atoms with Crippen LogP contribution in [0.2, 0.25) is 0 Å². The molecule has 1 aromatic carbocycles. The Balaban J connectivity index is 1.92. The van der Waals surface area contributed by atoms with Crippen molar-refractivity contribution in [3.8, 4) is 6.07 Å². The zero-order chi connectivity index (χ0) is 13.7. The average Bonchev–Trinajstić information content (AvgIpc) is 2.79. The molecule has 19 heavy (non-hydrogen) atoms. The van der Waals surface area contributed by atoms with E-state index in [4.69, 9.17) is 15.5 Å². The van der Waals surface area contributed by atoms with E-state index in [2.05, 4.69) is 21.5 Å². The SMILES string of the molecule is Cc1noc(CCNc2ccc(N)c(CC#N)c2)n1. The number of nitrogens with two attached hydrogens (primary N) is 1. The second kappa shape index (κ2) is 5.87. The van der Waals surface area contributed by atoms with E-state index >= 15 is 0 Å². The van der Waals surface area contributed by atoms with Crippen molar-refractivity contribution in [2.45, 2.75) is 19.8 Å². The molecule has 0 atom stereocenters. The molecule has 2 aromatic rings. The highest BCUT2D eigenvalue weighted by atomic mass is 16.5. The van der Waals surface area contributed by atoms with Gasteiger partial charge in [0.2, 0.25) is 5.89 Å². The lowest BCUT2D eigenvalue weighted by Crippen LogP contribution is -2.06. The number of aromatic nitrogens is 2. The summed E-state index contributed by atoms with van der Waals surface area (Å²) in [4.78, 5) is 4.12. The molecule has 1 heterocycles. The fourth-order valence-corrected chi connectivity index (χ4v) is 1.71. The van der Waals surface area contributed by atoms with E-state index < -0.39 is 0 Å². The maximum Gasteiger partial charge on any atom is 0.228 e. The molecule has 0 aliphatic rings. The zero-order valence-electron chi connectivity index (χ0n) is 10.7. The van der Waals surface area contributed by atoms with Gasteiger partial charge in [0.15, 0.2) is 5.82 Å². The molecule has 0 amide bonds. The van der Waals surface area contributed by atoms with Gasteiger partial charge in [-0.15, -0.1) is 0 Å². The molecule has 0 aliphatic carbocycles. The quantitative estimate of drug-likeness (QED) is 0.790. The highest BCUT2D eigenvalue weighted by Crippen LogP contribution is 2.18. The van der Waals surface area contributed by atoms with E-state index in [1.54, 1.807) is 13.0 Å². The lowest BCUT2D eigenvalue weighted by Gasteiger charge is -2.08. The summed E-state index contributed by atoms with van der Waals surface area (Å²) in [6.45, 7) is 2.46. The van der Waals surface area contributed by atoms with Crippen LogP contribution in [-0.2, 0) is 12.8 Å². The Bertz CT molecular complexity index is 599. The molecule has 0 aliphatic heterocycles. The summed E-state index contributed by atoms with van der Waals surface area (Å²) >= 11 is 0. The molecule has 0 fully saturated rings. The Hall–Kier alpha value is -2.55. The van der Waals surface area contributed by atoms with Gasteiger partial charge in [-0.2, -0.15) is 10.2 Å². The number of anilines is 2. The van der Waals surface area contributed by atoms with Crippen molar-refractivity contribution >= 4 is 11.4 Å². The monoisotopic (exact) mass is 257 g/mol. The molecule has 98 valence electrons. The maximum absolute atomic E-state index is 8.71. The van der Waals surface area contributed by atoms with Crippen LogP contribution in [0.1, 0.15) is 17.3 Å². The van der Waals surface area contributed by atoms with Gasteiger partial charge in [-0.05, 0) is 30.7 Å². The van der Waals surface area contributed by atoms with Crippen LogP contribution in [0.15, 0.2) is 22.7 Å². The largest absolute Gasteiger partial charge is 0.398 e. The number of benzene rings is 1. The van der Waals surface area contributed by atoms with E-state index in [0.717, 1.165) is 11.3 Å². The second-order valence-corrected chi connectivity index (χ2v) is 4.16. The molecule has 2 rings (SSSR count). The number of hydrogen-bond acceptors (Lipinski definition) is 6. The minimum Gasteiger partial charge on any atom is -0.398 e. The summed E-state index contributed by atoms with van der Waals surface area (Å²) in [5.74, 6) is 1.25. The summed E-state index contributed by atoms with van der Waals surface area (Å²) in [5.41, 5.74) is 8.19. The van der Waals surface area contributed by atoms with Gasteiger partial charge in [0.1, 0.15) is 0 Å². The lowest BCUT2D eigenvalue weighted by atomic mass is 10.1. The van der Waals surface area contributed by atoms with Gasteiger partial charge >= 0.3 is 0 Å². The predicted octanol–water partition coefficient (Wildman–Crippen LogP) is 1.68. The third-order valence-corrected chi connectivity index (χ3v) is 2.65. The van der Waals surface area contributed by atoms with Crippen LogP contribution in [0.25, 0.3) is 0 Å². The summed E-state index contributed by atoms with van der Waals surface area (Å²) in [5, 5.41) is 15.7. The summed E-state index contributed by atoms with van der Waals surface area (Å²) in [6, 6.07) is 7.66. The van der Waals surface area contributed by atoms with Crippen molar-refractivity contribution in [1.29, 1.82) is 5.26 Å². The van der Waals surface area contributed by atoms with Crippen LogP contribution in [0.4, 0.5) is 11.4 Å². The van der Waals surface area contributed by atoms with Gasteiger partial charge in [0.05, 0.1) is 12.5 Å². The summed E-state index contributed by atoms with van der Waals surface area (Å²) in [6.07, 6.45) is 0.961. The van der Waals surface area contributed by atoms with Crippen LogP contribution < -0.4 is 11.1 Å². The van der Waals surface area contributed by atoms with Crippen LogP contribution in [-0.4, -0.2) is 16.7 Å². The third kappa shape index (κ3) is 3.45. The number of rotatable bonds is 5. The number of nitrogen functional groups attached to an aromatic ring is 1. The Kier molecular flexibility index (Phi) is 3.98. The fraction of sp³-hybridized carbons (Fsp3) is 0.308. The predicted molar refractivity (Wildman–Crippen MR) is 71.4 cm³/mol. The molecule has 0 saturated carbocycles. The van der Waals surface area contributed by atoms with E-state index in [9.17, 15) is 0 Å². The van der Waals surface area contributed by atoms with E-state index in [1.807, 2.05) is 12.1 Å². The zero-order valence-corrected chi connectivity index (χ0v) is 10.7. The summed E-state index contributed by atoms with van der Waals surface area (Å²) < 4.78 is 5.02. The molecule has 0 unspecified atom stereocenters. The molecular weight excluding hydrogens is 242 g/mol. The van der Waals surface area contributed by atoms with Crippen molar-refractivity contribution in [3.63, 3.8) is 0 Å². The number of hydrogen-bond donors (Lipinski definition) is 2. The molecule has 0 radical (unpaired) electrons. The van der Waals surface area contributed by atoms with E-state index in [1.165, 1.54) is 0 Å². The Morgan fingerprint density at radius 1 is 1.47 bits per heavy atom. The minimum atomic E-state index is 0.310. The topological polar surface area (TPSA) is 101 Å². The van der Waals surface area contributed by atoms with Gasteiger partial charge in [-0.1, -0.05) is 5.16 Å². The second-order valence-electron chi connectivity index (χ2n) is 4.16. The van der Waals surface area contributed by atoms with Crippen molar-refractivity contribution < 1.29 is 4.52 Å². The molecule has 6 heteroatoms. The van der Waals surface area contributed by atoms with Crippen molar-refractivity contribution in [3.05, 3.63) is 35.5 Å². The van der Waals surface area contributed by atoms with Crippen molar-refractivity contribution in [1.82, 2.24) is 10.1 Å². The first-order valence-corrected chi connectivity index (χ1v) is 5.97. The third-order valence-electron chi connectivity index (χ3n) is 2.65. The minimum absolute atomic E-state index is 0.310. The molecule has 0 bridgehead atoms. The van der Waals surface area contributed by atoms with Crippen LogP contribution in [0, 0.1) is 18.3 Å². The van der Waals surface area contributed by atoms with E-state index in [-0.39, 0.29) is 0 Å². The van der Waals surface area contributed by atoms with Crippen LogP contribution >= 0.6 is 0 Å². The number of nitrogens with one attached hydrogen (secondary N) is 1. The van der Waals surface area contributed by atoms with Gasteiger partial charge < -0.3 is 15.6 Å². The first kappa shape index (κ1) is 12.9. The highest BCUT2D eigenvalue weighted by Gasteiger charge is 2.03. The van der Waals surface area contributed by atoms with Crippen LogP contribution in [0.5, 0.6) is 0 Å². The van der Waals surface area contributed by atoms with Gasteiger partial charge in [0.25, 0.3) is 0 Å². The van der Waals surface area contributed by atoms with Crippen molar-refractivity contribution in [2.24, 2.45) is 0 Å². The molecule has 0 saturated heterocycles. The van der Waals surface area contributed by atoms with Gasteiger partial charge in [-0.25, -0.2) is 0 Å². The van der Waals surface area contributed by atoms with Gasteiger partial charge in [0, 0.05) is 24.3 Å². The summed E-state index contributed by atoms with van der Waals surface area (Å²) in [7, 11) is 0. The fourth-order valence-electron chi connectivity index (χ4n) is 1.71. The maximum atomic E-state index is 8.71. The molecule has 3 N–H and O–H groups in total. The Morgan fingerprint density at radius 2 is 2.32 bits per heavy atom.